The highest BCUT2D eigenvalue weighted by Gasteiger charge is 2.02. The lowest BCUT2D eigenvalue weighted by Gasteiger charge is -2.09. The third-order valence-corrected chi connectivity index (χ3v) is 4.52. The lowest BCUT2D eigenvalue weighted by atomic mass is 10.2. The van der Waals surface area contributed by atoms with Crippen molar-refractivity contribution in [3.8, 4) is 0 Å². The van der Waals surface area contributed by atoms with Crippen molar-refractivity contribution in [1.82, 2.24) is 5.32 Å². The summed E-state index contributed by atoms with van der Waals surface area (Å²) in [6, 6.07) is 6.49. The van der Waals surface area contributed by atoms with E-state index in [0.717, 1.165) is 29.7 Å². The number of nitrogens with one attached hydrogen (secondary N) is 1. The molecule has 2 nitrogen and oxygen atoms in total. The van der Waals surface area contributed by atoms with Gasteiger partial charge in [0.2, 0.25) is 0 Å². The van der Waals surface area contributed by atoms with Gasteiger partial charge in [0.05, 0.1) is 0 Å². The van der Waals surface area contributed by atoms with Crippen molar-refractivity contribution in [2.24, 2.45) is 5.92 Å². The van der Waals surface area contributed by atoms with Crippen LogP contribution in [0.15, 0.2) is 27.6 Å². The fourth-order valence-corrected chi connectivity index (χ4v) is 3.15. The summed E-state index contributed by atoms with van der Waals surface area (Å²) in [6.07, 6.45) is 0.842. The Morgan fingerprint density at radius 2 is 2.17 bits per heavy atom. The van der Waals surface area contributed by atoms with E-state index in [-0.39, 0.29) is 6.61 Å². The number of aliphatic hydroxyl groups is 1. The van der Waals surface area contributed by atoms with Crippen molar-refractivity contribution in [3.05, 3.63) is 28.2 Å². The Labute approximate surface area is 123 Å². The fraction of sp³-hybridized carbons (Fsp3) is 0.571. The number of aliphatic hydroxyl groups excluding tert-OH is 1. The zero-order valence-electron chi connectivity index (χ0n) is 11.1. The minimum Gasteiger partial charge on any atom is -0.396 e. The van der Waals surface area contributed by atoms with Gasteiger partial charge in [-0.2, -0.15) is 0 Å². The maximum atomic E-state index is 8.77. The minimum absolute atomic E-state index is 0.266. The van der Waals surface area contributed by atoms with Crippen LogP contribution in [0.1, 0.15) is 25.8 Å². The summed E-state index contributed by atoms with van der Waals surface area (Å²) in [5, 5.41) is 12.2. The van der Waals surface area contributed by atoms with Gasteiger partial charge in [-0.15, -0.1) is 11.8 Å². The van der Waals surface area contributed by atoms with Gasteiger partial charge < -0.3 is 10.4 Å². The van der Waals surface area contributed by atoms with E-state index in [0.29, 0.717) is 5.92 Å². The standard InChI is InChI=1S/C14H22BrNOS/c1-11(2)9-16-10-12-4-5-14(13(15)8-12)18-7-3-6-17/h4-5,8,11,16-17H,3,6-7,9-10H2,1-2H3. The summed E-state index contributed by atoms with van der Waals surface area (Å²) < 4.78 is 1.15. The third kappa shape index (κ3) is 6.23. The van der Waals surface area contributed by atoms with Gasteiger partial charge in [-0.05, 0) is 52.5 Å². The molecule has 4 heteroatoms. The molecule has 0 aliphatic rings. The van der Waals surface area contributed by atoms with Gasteiger partial charge in [-0.3, -0.25) is 0 Å². The predicted molar refractivity (Wildman–Crippen MR) is 83.1 cm³/mol. The van der Waals surface area contributed by atoms with Crippen LogP contribution in [-0.4, -0.2) is 24.0 Å². The molecule has 0 amide bonds. The second-order valence-electron chi connectivity index (χ2n) is 4.72. The molecule has 0 fully saturated rings. The zero-order valence-corrected chi connectivity index (χ0v) is 13.5. The molecule has 0 bridgehead atoms. The van der Waals surface area contributed by atoms with Gasteiger partial charge in [0.15, 0.2) is 0 Å². The molecule has 2 N–H and O–H groups in total. The second kappa shape index (κ2) is 8.97. The molecule has 0 unspecified atom stereocenters. The molecule has 102 valence electrons. The Balaban J connectivity index is 2.45. The summed E-state index contributed by atoms with van der Waals surface area (Å²) in [4.78, 5) is 1.25. The predicted octanol–water partition coefficient (Wildman–Crippen LogP) is 3.67. The van der Waals surface area contributed by atoms with E-state index < -0.39 is 0 Å². The van der Waals surface area contributed by atoms with Crippen LogP contribution in [0.3, 0.4) is 0 Å². The van der Waals surface area contributed by atoms with Crippen molar-refractivity contribution >= 4 is 27.7 Å². The Bertz CT molecular complexity index is 358. The maximum absolute atomic E-state index is 8.77. The van der Waals surface area contributed by atoms with E-state index in [9.17, 15) is 0 Å². The lowest BCUT2D eigenvalue weighted by molar-refractivity contribution is 0.296. The van der Waals surface area contributed by atoms with Crippen LogP contribution in [-0.2, 0) is 6.54 Å². The smallest absolute Gasteiger partial charge is 0.0439 e. The minimum atomic E-state index is 0.266. The van der Waals surface area contributed by atoms with Gasteiger partial charge in [-0.25, -0.2) is 0 Å². The Kier molecular flexibility index (Phi) is 7.98. The van der Waals surface area contributed by atoms with E-state index in [1.54, 1.807) is 11.8 Å². The number of hydrogen-bond donors (Lipinski definition) is 2. The molecule has 0 aliphatic carbocycles. The zero-order chi connectivity index (χ0) is 13.4. The van der Waals surface area contributed by atoms with Crippen LogP contribution in [0.2, 0.25) is 0 Å². The fourth-order valence-electron chi connectivity index (χ4n) is 1.52. The molecule has 0 spiro atoms. The third-order valence-electron chi connectivity index (χ3n) is 2.44. The highest BCUT2D eigenvalue weighted by molar-refractivity contribution is 9.10. The molecule has 0 saturated heterocycles. The number of hydrogen-bond acceptors (Lipinski definition) is 3. The van der Waals surface area contributed by atoms with E-state index in [1.807, 2.05) is 0 Å². The first-order chi connectivity index (χ1) is 8.63. The number of benzene rings is 1. The highest BCUT2D eigenvalue weighted by atomic mass is 79.9. The normalized spacial score (nSPS) is 11.2. The average molecular weight is 332 g/mol. The van der Waals surface area contributed by atoms with E-state index in [1.165, 1.54) is 10.5 Å². The summed E-state index contributed by atoms with van der Waals surface area (Å²) in [7, 11) is 0. The monoisotopic (exact) mass is 331 g/mol. The molecule has 0 aliphatic heterocycles. The molecular weight excluding hydrogens is 310 g/mol. The van der Waals surface area contributed by atoms with Gasteiger partial charge >= 0.3 is 0 Å². The summed E-state index contributed by atoms with van der Waals surface area (Å²) in [6.45, 7) is 6.65. The first-order valence-corrected chi connectivity index (χ1v) is 8.14. The van der Waals surface area contributed by atoms with Crippen LogP contribution < -0.4 is 5.32 Å². The Morgan fingerprint density at radius 1 is 1.39 bits per heavy atom. The highest BCUT2D eigenvalue weighted by Crippen LogP contribution is 2.28. The summed E-state index contributed by atoms with van der Waals surface area (Å²) in [5.41, 5.74) is 1.30. The Morgan fingerprint density at radius 3 is 2.78 bits per heavy atom. The largest absolute Gasteiger partial charge is 0.396 e. The first kappa shape index (κ1) is 16.0. The van der Waals surface area contributed by atoms with Crippen LogP contribution in [0, 0.1) is 5.92 Å². The number of rotatable bonds is 8. The van der Waals surface area contributed by atoms with Crippen LogP contribution >= 0.6 is 27.7 Å². The number of thioether (sulfide) groups is 1. The maximum Gasteiger partial charge on any atom is 0.0439 e. The molecule has 1 aromatic carbocycles. The topological polar surface area (TPSA) is 32.3 Å². The van der Waals surface area contributed by atoms with E-state index in [2.05, 4.69) is 53.3 Å². The van der Waals surface area contributed by atoms with Crippen LogP contribution in [0.5, 0.6) is 0 Å². The first-order valence-electron chi connectivity index (χ1n) is 6.36. The van der Waals surface area contributed by atoms with Crippen molar-refractivity contribution in [2.45, 2.75) is 31.7 Å². The van der Waals surface area contributed by atoms with Crippen LogP contribution in [0.4, 0.5) is 0 Å². The molecule has 0 aromatic heterocycles. The molecule has 0 radical (unpaired) electrons. The van der Waals surface area contributed by atoms with Gasteiger partial charge in [-0.1, -0.05) is 19.9 Å². The van der Waals surface area contributed by atoms with Crippen LogP contribution in [0.25, 0.3) is 0 Å². The molecule has 0 heterocycles. The van der Waals surface area contributed by atoms with E-state index in [4.69, 9.17) is 5.11 Å². The van der Waals surface area contributed by atoms with E-state index >= 15 is 0 Å². The molecule has 1 aromatic rings. The quantitative estimate of drug-likeness (QED) is 0.563. The lowest BCUT2D eigenvalue weighted by Crippen LogP contribution is -2.18. The van der Waals surface area contributed by atoms with Crippen molar-refractivity contribution < 1.29 is 5.11 Å². The molecule has 0 atom stereocenters. The molecule has 1 rings (SSSR count). The number of halogens is 1. The summed E-state index contributed by atoms with van der Waals surface area (Å²) >= 11 is 5.39. The average Bonchev–Trinajstić information content (AvgIpc) is 2.31. The van der Waals surface area contributed by atoms with Crippen molar-refractivity contribution in [2.75, 3.05) is 18.9 Å². The second-order valence-corrected chi connectivity index (χ2v) is 6.71. The summed E-state index contributed by atoms with van der Waals surface area (Å²) in [5.74, 6) is 1.64. The molecule has 18 heavy (non-hydrogen) atoms. The molecule has 0 saturated carbocycles. The molecular formula is C14H22BrNOS. The van der Waals surface area contributed by atoms with Crippen molar-refractivity contribution in [3.63, 3.8) is 0 Å². The van der Waals surface area contributed by atoms with Gasteiger partial charge in [0.1, 0.15) is 0 Å². The van der Waals surface area contributed by atoms with Gasteiger partial charge in [0, 0.05) is 28.3 Å². The van der Waals surface area contributed by atoms with Gasteiger partial charge in [0.25, 0.3) is 0 Å². The van der Waals surface area contributed by atoms with Crippen molar-refractivity contribution in [1.29, 1.82) is 0 Å². The Hall–Kier alpha value is -0.0300. The SMILES string of the molecule is CC(C)CNCc1ccc(SCCCO)c(Br)c1.